The Bertz CT molecular complexity index is 530. The van der Waals surface area contributed by atoms with E-state index < -0.39 is 9.84 Å². The second-order valence-corrected chi connectivity index (χ2v) is 6.05. The van der Waals surface area contributed by atoms with E-state index in [2.05, 4.69) is 0 Å². The molecule has 1 rings (SSSR count). The van der Waals surface area contributed by atoms with Gasteiger partial charge in [-0.2, -0.15) is 5.26 Å². The van der Waals surface area contributed by atoms with Crippen molar-refractivity contribution in [3.8, 4) is 6.07 Å². The summed E-state index contributed by atoms with van der Waals surface area (Å²) in [5, 5.41) is 8.37. The van der Waals surface area contributed by atoms with Crippen molar-refractivity contribution in [3.05, 3.63) is 23.8 Å². The lowest BCUT2D eigenvalue weighted by Crippen LogP contribution is -2.09. The Balaban J connectivity index is 2.80. The SMILES string of the molecule is Cc1ccc(S(=O)(=O)CCCCC#N)c(N)c1. The van der Waals surface area contributed by atoms with Crippen LogP contribution < -0.4 is 5.73 Å². The van der Waals surface area contributed by atoms with Gasteiger partial charge in [-0.05, 0) is 37.5 Å². The summed E-state index contributed by atoms with van der Waals surface area (Å²) in [6.07, 6.45) is 1.48. The van der Waals surface area contributed by atoms with Gasteiger partial charge in [0.1, 0.15) is 0 Å². The topological polar surface area (TPSA) is 84.0 Å². The predicted octanol–water partition coefficient (Wildman–Crippen LogP) is 2.04. The number of nitrogen functional groups attached to an aromatic ring is 1. The zero-order valence-corrected chi connectivity index (χ0v) is 10.6. The van der Waals surface area contributed by atoms with Crippen LogP contribution in [0.1, 0.15) is 24.8 Å². The van der Waals surface area contributed by atoms with Gasteiger partial charge in [0.15, 0.2) is 9.84 Å². The van der Waals surface area contributed by atoms with Crippen LogP contribution in [0.4, 0.5) is 5.69 Å². The van der Waals surface area contributed by atoms with Crippen LogP contribution in [0.3, 0.4) is 0 Å². The minimum Gasteiger partial charge on any atom is -0.398 e. The van der Waals surface area contributed by atoms with E-state index in [0.717, 1.165) is 5.56 Å². The summed E-state index contributed by atoms with van der Waals surface area (Å²) in [6, 6.07) is 6.93. The van der Waals surface area contributed by atoms with Gasteiger partial charge in [-0.1, -0.05) is 6.07 Å². The fraction of sp³-hybridized carbons (Fsp3) is 0.417. The number of nitriles is 1. The van der Waals surface area contributed by atoms with Gasteiger partial charge in [0.2, 0.25) is 0 Å². The lowest BCUT2D eigenvalue weighted by Gasteiger charge is -2.07. The van der Waals surface area contributed by atoms with E-state index in [9.17, 15) is 8.42 Å². The third-order valence-electron chi connectivity index (χ3n) is 2.45. The zero-order chi connectivity index (χ0) is 12.9. The lowest BCUT2D eigenvalue weighted by atomic mass is 10.2. The maximum atomic E-state index is 12.0. The molecular formula is C12H16N2O2S. The third-order valence-corrected chi connectivity index (χ3v) is 4.32. The molecule has 0 amide bonds. The molecule has 1 aromatic rings. The molecule has 0 saturated carbocycles. The van der Waals surface area contributed by atoms with Gasteiger partial charge in [0, 0.05) is 6.42 Å². The van der Waals surface area contributed by atoms with E-state index in [1.165, 1.54) is 0 Å². The van der Waals surface area contributed by atoms with Gasteiger partial charge >= 0.3 is 0 Å². The first-order valence-electron chi connectivity index (χ1n) is 5.43. The minimum absolute atomic E-state index is 0.0436. The summed E-state index contributed by atoms with van der Waals surface area (Å²) in [4.78, 5) is 0.194. The molecule has 5 heteroatoms. The number of benzene rings is 1. The van der Waals surface area contributed by atoms with Gasteiger partial charge in [0.05, 0.1) is 22.4 Å². The summed E-state index contributed by atoms with van der Waals surface area (Å²) in [7, 11) is -3.32. The Morgan fingerprint density at radius 3 is 2.65 bits per heavy atom. The van der Waals surface area contributed by atoms with Crippen LogP contribution in [0.15, 0.2) is 23.1 Å². The highest BCUT2D eigenvalue weighted by atomic mass is 32.2. The zero-order valence-electron chi connectivity index (χ0n) is 9.81. The highest BCUT2D eigenvalue weighted by molar-refractivity contribution is 7.91. The van der Waals surface area contributed by atoms with Gasteiger partial charge in [-0.3, -0.25) is 0 Å². The van der Waals surface area contributed by atoms with Crippen molar-refractivity contribution in [3.63, 3.8) is 0 Å². The molecule has 0 aliphatic heterocycles. The Morgan fingerprint density at radius 2 is 2.06 bits per heavy atom. The number of nitrogens with two attached hydrogens (primary N) is 1. The number of nitrogens with zero attached hydrogens (tertiary/aromatic N) is 1. The normalized spacial score (nSPS) is 11.1. The fourth-order valence-corrected chi connectivity index (χ4v) is 3.05. The molecular weight excluding hydrogens is 236 g/mol. The number of hydrogen-bond acceptors (Lipinski definition) is 4. The smallest absolute Gasteiger partial charge is 0.180 e. The van der Waals surface area contributed by atoms with Crippen molar-refractivity contribution in [2.45, 2.75) is 31.1 Å². The third kappa shape index (κ3) is 3.75. The summed E-state index contributed by atoms with van der Waals surface area (Å²) in [5.74, 6) is 0.0436. The first-order chi connectivity index (χ1) is 7.97. The van der Waals surface area contributed by atoms with Crippen LogP contribution in [0, 0.1) is 18.3 Å². The average molecular weight is 252 g/mol. The second kappa shape index (κ2) is 5.69. The van der Waals surface area contributed by atoms with Gasteiger partial charge in [0.25, 0.3) is 0 Å². The summed E-state index contributed by atoms with van der Waals surface area (Å²) < 4.78 is 23.9. The van der Waals surface area contributed by atoms with Crippen LogP contribution in [-0.2, 0) is 9.84 Å². The van der Waals surface area contributed by atoms with E-state index in [0.29, 0.717) is 24.9 Å². The second-order valence-electron chi connectivity index (χ2n) is 3.98. The molecule has 0 aromatic heterocycles. The van der Waals surface area contributed by atoms with Crippen LogP contribution in [0.5, 0.6) is 0 Å². The Hall–Kier alpha value is -1.54. The summed E-state index contributed by atoms with van der Waals surface area (Å²) in [5.41, 5.74) is 6.94. The molecule has 17 heavy (non-hydrogen) atoms. The highest BCUT2D eigenvalue weighted by Gasteiger charge is 2.16. The van der Waals surface area contributed by atoms with E-state index >= 15 is 0 Å². The van der Waals surface area contributed by atoms with Gasteiger partial charge in [-0.25, -0.2) is 8.42 Å². The average Bonchev–Trinajstić information content (AvgIpc) is 2.24. The van der Waals surface area contributed by atoms with Crippen LogP contribution in [-0.4, -0.2) is 14.2 Å². The molecule has 1 aromatic carbocycles. The number of aryl methyl sites for hydroxylation is 1. The highest BCUT2D eigenvalue weighted by Crippen LogP contribution is 2.21. The molecule has 0 saturated heterocycles. The molecule has 0 atom stereocenters. The molecule has 0 unspecified atom stereocenters. The van der Waals surface area contributed by atoms with Crippen molar-refractivity contribution in [1.82, 2.24) is 0 Å². The molecule has 0 heterocycles. The predicted molar refractivity (Wildman–Crippen MR) is 67.1 cm³/mol. The van der Waals surface area contributed by atoms with Crippen LogP contribution in [0.25, 0.3) is 0 Å². The summed E-state index contributed by atoms with van der Waals surface area (Å²) in [6.45, 7) is 1.86. The molecule has 2 N–H and O–H groups in total. The Labute approximate surface area is 102 Å². The van der Waals surface area contributed by atoms with E-state index in [-0.39, 0.29) is 10.6 Å². The number of rotatable bonds is 5. The monoisotopic (exact) mass is 252 g/mol. The van der Waals surface area contributed by atoms with E-state index in [1.807, 2.05) is 13.0 Å². The molecule has 4 nitrogen and oxygen atoms in total. The Kier molecular flexibility index (Phi) is 4.53. The van der Waals surface area contributed by atoms with E-state index in [1.54, 1.807) is 18.2 Å². The molecule has 0 aliphatic carbocycles. The van der Waals surface area contributed by atoms with Crippen LogP contribution >= 0.6 is 0 Å². The van der Waals surface area contributed by atoms with Crippen molar-refractivity contribution >= 4 is 15.5 Å². The molecule has 0 fully saturated rings. The van der Waals surface area contributed by atoms with Crippen LogP contribution in [0.2, 0.25) is 0 Å². The Morgan fingerprint density at radius 1 is 1.35 bits per heavy atom. The molecule has 0 bridgehead atoms. The standard InChI is InChI=1S/C12H16N2O2S/c1-10-5-6-12(11(14)9-10)17(15,16)8-4-2-3-7-13/h5-6,9H,2-4,8,14H2,1H3. The van der Waals surface area contributed by atoms with Crippen molar-refractivity contribution in [1.29, 1.82) is 5.26 Å². The lowest BCUT2D eigenvalue weighted by molar-refractivity contribution is 0.592. The van der Waals surface area contributed by atoms with Crippen molar-refractivity contribution in [2.24, 2.45) is 0 Å². The first-order valence-corrected chi connectivity index (χ1v) is 7.08. The van der Waals surface area contributed by atoms with Crippen molar-refractivity contribution < 1.29 is 8.42 Å². The number of anilines is 1. The van der Waals surface area contributed by atoms with Crippen molar-refractivity contribution in [2.75, 3.05) is 11.5 Å². The first kappa shape index (κ1) is 13.5. The molecule has 0 spiro atoms. The minimum atomic E-state index is -3.32. The quantitative estimate of drug-likeness (QED) is 0.642. The molecule has 92 valence electrons. The largest absolute Gasteiger partial charge is 0.398 e. The molecule has 0 aliphatic rings. The number of hydrogen-bond donors (Lipinski definition) is 1. The number of sulfone groups is 1. The maximum Gasteiger partial charge on any atom is 0.180 e. The maximum absolute atomic E-state index is 12.0. The number of unbranched alkanes of at least 4 members (excludes halogenated alkanes) is 2. The fourth-order valence-electron chi connectivity index (χ4n) is 1.56. The summed E-state index contributed by atoms with van der Waals surface area (Å²) >= 11 is 0. The molecule has 0 radical (unpaired) electrons. The van der Waals surface area contributed by atoms with E-state index in [4.69, 9.17) is 11.0 Å². The van der Waals surface area contributed by atoms with Gasteiger partial charge < -0.3 is 5.73 Å². The van der Waals surface area contributed by atoms with Gasteiger partial charge in [-0.15, -0.1) is 0 Å².